The van der Waals surface area contributed by atoms with Crippen molar-refractivity contribution in [2.75, 3.05) is 28.0 Å². The zero-order valence-electron chi connectivity index (χ0n) is 16.5. The fraction of sp³-hybridized carbons (Fsp3) is 0.150. The number of anilines is 6. The standard InChI is InChI=1S/C20H16F3N7O2/c1-30-15-7-12(3-2-10(15)8-25-30)27-19-24-9-13(21)17(29-19)26-11-4-5-16-14(6-11)28-18(31)20(22,23)32-16/h2-7,9,25H,8H2,1H3,(H,28,31)(H2,24,26,27,29). The Hall–Kier alpha value is -4.06. The summed E-state index contributed by atoms with van der Waals surface area (Å²) in [5.74, 6) is -2.51. The molecule has 4 N–H and O–H groups in total. The second-order valence-electron chi connectivity index (χ2n) is 7.16. The number of rotatable bonds is 4. The van der Waals surface area contributed by atoms with Crippen LogP contribution in [-0.4, -0.2) is 29.0 Å². The first-order valence-electron chi connectivity index (χ1n) is 9.47. The number of aromatic nitrogens is 2. The molecule has 0 spiro atoms. The van der Waals surface area contributed by atoms with Crippen LogP contribution in [0.2, 0.25) is 0 Å². The molecular weight excluding hydrogens is 427 g/mol. The smallest absolute Gasteiger partial charge is 0.423 e. The minimum Gasteiger partial charge on any atom is -0.423 e. The average Bonchev–Trinajstić information content (AvgIpc) is 3.12. The van der Waals surface area contributed by atoms with Crippen molar-refractivity contribution < 1.29 is 22.7 Å². The van der Waals surface area contributed by atoms with Crippen molar-refractivity contribution in [2.24, 2.45) is 0 Å². The molecule has 0 fully saturated rings. The van der Waals surface area contributed by atoms with Crippen molar-refractivity contribution in [1.29, 1.82) is 0 Å². The van der Waals surface area contributed by atoms with E-state index in [1.165, 1.54) is 18.2 Å². The van der Waals surface area contributed by atoms with Gasteiger partial charge in [-0.05, 0) is 35.9 Å². The highest BCUT2D eigenvalue weighted by Gasteiger charge is 2.46. The number of benzene rings is 2. The summed E-state index contributed by atoms with van der Waals surface area (Å²) in [5, 5.41) is 9.74. The van der Waals surface area contributed by atoms with Crippen molar-refractivity contribution in [3.05, 3.63) is 54.0 Å². The molecule has 0 radical (unpaired) electrons. The Balaban J connectivity index is 1.37. The van der Waals surface area contributed by atoms with Gasteiger partial charge in [-0.1, -0.05) is 6.07 Å². The number of carbonyl (C=O) groups excluding carboxylic acids is 1. The van der Waals surface area contributed by atoms with Crippen molar-refractivity contribution >= 4 is 40.4 Å². The minimum atomic E-state index is -3.95. The third-order valence-corrected chi connectivity index (χ3v) is 4.95. The van der Waals surface area contributed by atoms with E-state index < -0.39 is 17.8 Å². The van der Waals surface area contributed by atoms with Gasteiger partial charge in [-0.3, -0.25) is 4.79 Å². The maximum atomic E-state index is 14.3. The van der Waals surface area contributed by atoms with Gasteiger partial charge in [0.1, 0.15) is 0 Å². The minimum absolute atomic E-state index is 0.0228. The molecule has 1 aromatic heterocycles. The first-order chi connectivity index (χ1) is 15.3. The summed E-state index contributed by atoms with van der Waals surface area (Å²) in [7, 11) is 1.90. The molecule has 32 heavy (non-hydrogen) atoms. The number of ether oxygens (including phenoxy) is 1. The molecule has 5 rings (SSSR count). The van der Waals surface area contributed by atoms with Crippen LogP contribution in [-0.2, 0) is 11.3 Å². The van der Waals surface area contributed by atoms with Crippen LogP contribution in [0, 0.1) is 5.82 Å². The zero-order chi connectivity index (χ0) is 22.5. The molecule has 164 valence electrons. The lowest BCUT2D eigenvalue weighted by Gasteiger charge is -2.25. The van der Waals surface area contributed by atoms with E-state index in [1.807, 2.05) is 30.3 Å². The van der Waals surface area contributed by atoms with Crippen LogP contribution in [0.15, 0.2) is 42.6 Å². The Morgan fingerprint density at radius 1 is 1.16 bits per heavy atom. The van der Waals surface area contributed by atoms with E-state index in [4.69, 9.17) is 0 Å². The molecule has 0 saturated carbocycles. The largest absolute Gasteiger partial charge is 0.482 e. The highest BCUT2D eigenvalue weighted by molar-refractivity contribution is 5.99. The zero-order valence-corrected chi connectivity index (χ0v) is 16.5. The second kappa shape index (κ2) is 7.27. The lowest BCUT2D eigenvalue weighted by atomic mass is 10.2. The van der Waals surface area contributed by atoms with Crippen LogP contribution in [0.1, 0.15) is 5.56 Å². The molecule has 0 saturated heterocycles. The van der Waals surface area contributed by atoms with Gasteiger partial charge in [0.05, 0.1) is 17.6 Å². The van der Waals surface area contributed by atoms with Crippen LogP contribution < -0.4 is 31.1 Å². The summed E-state index contributed by atoms with van der Waals surface area (Å²) in [6.45, 7) is 0.733. The number of fused-ring (bicyclic) bond motifs is 2. The summed E-state index contributed by atoms with van der Waals surface area (Å²) in [6.07, 6.45) is -2.95. The van der Waals surface area contributed by atoms with Crippen LogP contribution >= 0.6 is 0 Å². The molecule has 0 aliphatic carbocycles. The summed E-state index contributed by atoms with van der Waals surface area (Å²) >= 11 is 0. The fourth-order valence-corrected chi connectivity index (χ4v) is 3.35. The maximum Gasteiger partial charge on any atom is 0.482 e. The first-order valence-corrected chi connectivity index (χ1v) is 9.47. The summed E-state index contributed by atoms with van der Waals surface area (Å²) in [4.78, 5) is 19.5. The molecular formula is C20H16F3N7O2. The normalized spacial score (nSPS) is 16.0. The quantitative estimate of drug-likeness (QED) is 0.486. The van der Waals surface area contributed by atoms with Gasteiger partial charge in [0.2, 0.25) is 5.95 Å². The first kappa shape index (κ1) is 19.9. The van der Waals surface area contributed by atoms with Crippen LogP contribution in [0.4, 0.5) is 47.7 Å². The van der Waals surface area contributed by atoms with Gasteiger partial charge in [-0.2, -0.15) is 13.8 Å². The van der Waals surface area contributed by atoms with Gasteiger partial charge in [0.15, 0.2) is 17.4 Å². The fourth-order valence-electron chi connectivity index (χ4n) is 3.35. The molecule has 12 heteroatoms. The number of halogens is 3. The second-order valence-corrected chi connectivity index (χ2v) is 7.16. The molecule has 3 aromatic rings. The summed E-state index contributed by atoms with van der Waals surface area (Å²) in [6, 6.07) is 9.70. The lowest BCUT2D eigenvalue weighted by molar-refractivity contribution is -0.189. The van der Waals surface area contributed by atoms with E-state index >= 15 is 0 Å². The lowest BCUT2D eigenvalue weighted by Crippen LogP contribution is -2.43. The number of hydrogen-bond donors (Lipinski definition) is 4. The van der Waals surface area contributed by atoms with Crippen molar-refractivity contribution in [3.63, 3.8) is 0 Å². The Morgan fingerprint density at radius 3 is 2.78 bits per heavy atom. The van der Waals surface area contributed by atoms with E-state index in [0.717, 1.165) is 24.0 Å². The predicted octanol–water partition coefficient (Wildman–Crippen LogP) is 3.48. The maximum absolute atomic E-state index is 14.3. The molecule has 9 nitrogen and oxygen atoms in total. The Labute approximate surface area is 179 Å². The SMILES string of the molecule is CN1NCc2ccc(Nc3ncc(F)c(Nc4ccc5c(c4)NC(=O)C(F)(F)O5)n3)cc21. The number of carbonyl (C=O) groups is 1. The van der Waals surface area contributed by atoms with E-state index in [0.29, 0.717) is 11.4 Å². The van der Waals surface area contributed by atoms with Gasteiger partial charge in [0, 0.05) is 25.0 Å². The topological polar surface area (TPSA) is 103 Å². The van der Waals surface area contributed by atoms with Gasteiger partial charge < -0.3 is 25.7 Å². The van der Waals surface area contributed by atoms with Crippen molar-refractivity contribution in [3.8, 4) is 5.75 Å². The number of nitrogens with zero attached hydrogens (tertiary/aromatic N) is 3. The third kappa shape index (κ3) is 3.60. The number of nitrogens with one attached hydrogen (secondary N) is 4. The molecule has 2 aromatic carbocycles. The van der Waals surface area contributed by atoms with Gasteiger partial charge in [0.25, 0.3) is 0 Å². The molecule has 0 bridgehead atoms. The van der Waals surface area contributed by atoms with E-state index in [-0.39, 0.29) is 23.2 Å². The highest BCUT2D eigenvalue weighted by Crippen LogP contribution is 2.37. The molecule has 2 aliphatic rings. The van der Waals surface area contributed by atoms with Gasteiger partial charge >= 0.3 is 12.0 Å². The number of hydrazine groups is 1. The molecule has 0 atom stereocenters. The highest BCUT2D eigenvalue weighted by atomic mass is 19.3. The van der Waals surface area contributed by atoms with Crippen molar-refractivity contribution in [1.82, 2.24) is 15.4 Å². The monoisotopic (exact) mass is 443 g/mol. The number of alkyl halides is 2. The van der Waals surface area contributed by atoms with Crippen LogP contribution in [0.5, 0.6) is 5.75 Å². The third-order valence-electron chi connectivity index (χ3n) is 4.95. The van der Waals surface area contributed by atoms with Crippen LogP contribution in [0.25, 0.3) is 0 Å². The van der Waals surface area contributed by atoms with Crippen molar-refractivity contribution in [2.45, 2.75) is 12.7 Å². The van der Waals surface area contributed by atoms with E-state index in [2.05, 4.69) is 36.1 Å². The van der Waals surface area contributed by atoms with Crippen LogP contribution in [0.3, 0.4) is 0 Å². The summed E-state index contributed by atoms with van der Waals surface area (Å²) < 4.78 is 45.4. The Kier molecular flexibility index (Phi) is 4.51. The Morgan fingerprint density at radius 2 is 1.94 bits per heavy atom. The van der Waals surface area contributed by atoms with Gasteiger partial charge in [-0.25, -0.2) is 14.8 Å². The number of amides is 1. The molecule has 0 unspecified atom stereocenters. The van der Waals surface area contributed by atoms with E-state index in [9.17, 15) is 18.0 Å². The molecule has 3 heterocycles. The summed E-state index contributed by atoms with van der Waals surface area (Å²) in [5.41, 5.74) is 6.36. The predicted molar refractivity (Wildman–Crippen MR) is 111 cm³/mol. The van der Waals surface area contributed by atoms with Gasteiger partial charge in [-0.15, -0.1) is 0 Å². The molecule has 1 amide bonds. The number of hydrogen-bond acceptors (Lipinski definition) is 8. The molecule has 2 aliphatic heterocycles. The Bertz CT molecular complexity index is 1240. The van der Waals surface area contributed by atoms with E-state index in [1.54, 1.807) is 0 Å². The average molecular weight is 443 g/mol.